The van der Waals surface area contributed by atoms with E-state index in [0.717, 1.165) is 17.4 Å². The molecule has 7 nitrogen and oxygen atoms in total. The number of nitriles is 1. The van der Waals surface area contributed by atoms with Gasteiger partial charge in [-0.25, -0.2) is 18.4 Å². The Bertz CT molecular complexity index is 1320. The first-order chi connectivity index (χ1) is 16.1. The molecular formula is C24H23Cl2N3O4S. The lowest BCUT2D eigenvalue weighted by atomic mass is 9.77. The molecule has 0 fully saturated rings. The predicted octanol–water partition coefficient (Wildman–Crippen LogP) is 4.93. The maximum absolute atomic E-state index is 11.6. The van der Waals surface area contributed by atoms with Gasteiger partial charge in [0, 0.05) is 17.9 Å². The van der Waals surface area contributed by atoms with Crippen molar-refractivity contribution in [2.24, 2.45) is 0 Å². The van der Waals surface area contributed by atoms with Gasteiger partial charge in [-0.2, -0.15) is 5.26 Å². The summed E-state index contributed by atoms with van der Waals surface area (Å²) in [7, 11) is -3.49. The molecule has 3 rings (SSSR count). The zero-order valence-electron chi connectivity index (χ0n) is 18.9. The van der Waals surface area contributed by atoms with E-state index < -0.39 is 15.3 Å². The summed E-state index contributed by atoms with van der Waals surface area (Å²) in [6.07, 6.45) is 2.45. The first-order valence-electron chi connectivity index (χ1n) is 10.2. The van der Waals surface area contributed by atoms with Gasteiger partial charge in [0.05, 0.1) is 22.2 Å². The largest absolute Gasteiger partial charge is 0.489 e. The third-order valence-corrected chi connectivity index (χ3v) is 6.49. The second-order valence-electron chi connectivity index (χ2n) is 8.02. The molecule has 1 aromatic heterocycles. The highest BCUT2D eigenvalue weighted by Crippen LogP contribution is 2.38. The lowest BCUT2D eigenvalue weighted by Gasteiger charge is -2.27. The summed E-state index contributed by atoms with van der Waals surface area (Å²) in [6, 6.07) is 14.8. The smallest absolute Gasteiger partial charge is 0.247 e. The van der Waals surface area contributed by atoms with Crippen LogP contribution < -0.4 is 9.47 Å². The highest BCUT2D eigenvalue weighted by molar-refractivity contribution is 7.90. The number of ether oxygens (including phenoxy) is 2. The number of rotatable bonds is 9. The second-order valence-corrected chi connectivity index (χ2v) is 10.7. The van der Waals surface area contributed by atoms with Gasteiger partial charge in [0.1, 0.15) is 25.0 Å². The normalized spacial score (nSPS) is 11.6. The molecule has 0 aliphatic rings. The topological polar surface area (TPSA) is 102 Å². The van der Waals surface area contributed by atoms with Crippen molar-refractivity contribution in [3.63, 3.8) is 0 Å². The average molecular weight is 520 g/mol. The maximum Gasteiger partial charge on any atom is 0.247 e. The third kappa shape index (κ3) is 5.98. The molecule has 0 N–H and O–H groups in total. The van der Waals surface area contributed by atoms with Gasteiger partial charge in [0.2, 0.25) is 15.0 Å². The Kier molecular flexibility index (Phi) is 8.03. The maximum atomic E-state index is 11.6. The van der Waals surface area contributed by atoms with E-state index in [1.165, 1.54) is 6.20 Å². The standard InChI is InChI=1S/C24H23Cl2N3O4S/c1-24(2,18-12-16(14-27)22(21(26)13-18)32-11-9-25)17-4-6-20(7-5-17)33-15-19-8-10-28-23(29-19)34(3,30)31/h4-8,10,12-13H,9,11,15H2,1-3H3. The summed E-state index contributed by atoms with van der Waals surface area (Å²) in [4.78, 5) is 7.80. The van der Waals surface area contributed by atoms with Gasteiger partial charge in [-0.1, -0.05) is 37.6 Å². The van der Waals surface area contributed by atoms with Crippen LogP contribution in [0.5, 0.6) is 11.5 Å². The monoisotopic (exact) mass is 519 g/mol. The van der Waals surface area contributed by atoms with E-state index in [4.69, 9.17) is 32.7 Å². The minimum atomic E-state index is -3.49. The molecule has 0 aliphatic heterocycles. The van der Waals surface area contributed by atoms with Crippen LogP contribution in [0, 0.1) is 11.3 Å². The van der Waals surface area contributed by atoms with Crippen LogP contribution in [0.25, 0.3) is 0 Å². The molecule has 0 spiro atoms. The lowest BCUT2D eigenvalue weighted by Crippen LogP contribution is -2.19. The number of nitrogens with zero attached hydrogens (tertiary/aromatic N) is 3. The van der Waals surface area contributed by atoms with Crippen molar-refractivity contribution in [1.82, 2.24) is 9.97 Å². The quantitative estimate of drug-likeness (QED) is 0.291. The van der Waals surface area contributed by atoms with Gasteiger partial charge in [-0.3, -0.25) is 0 Å². The second kappa shape index (κ2) is 10.6. The molecule has 0 aliphatic carbocycles. The first kappa shape index (κ1) is 25.8. The summed E-state index contributed by atoms with van der Waals surface area (Å²) >= 11 is 12.1. The molecule has 3 aromatic rings. The number of halogens is 2. The van der Waals surface area contributed by atoms with Crippen molar-refractivity contribution in [1.29, 1.82) is 5.26 Å². The highest BCUT2D eigenvalue weighted by Gasteiger charge is 2.26. The molecule has 178 valence electrons. The summed E-state index contributed by atoms with van der Waals surface area (Å²) in [5.74, 6) is 1.22. The number of hydrogen-bond donors (Lipinski definition) is 0. The molecule has 0 saturated carbocycles. The summed E-state index contributed by atoms with van der Waals surface area (Å²) < 4.78 is 34.6. The Balaban J connectivity index is 1.79. The van der Waals surface area contributed by atoms with Gasteiger partial charge in [0.25, 0.3) is 0 Å². The van der Waals surface area contributed by atoms with Crippen LogP contribution in [0.2, 0.25) is 5.02 Å². The van der Waals surface area contributed by atoms with Crippen LogP contribution in [0.15, 0.2) is 53.8 Å². The van der Waals surface area contributed by atoms with Crippen molar-refractivity contribution < 1.29 is 17.9 Å². The molecule has 0 bridgehead atoms. The summed E-state index contributed by atoms with van der Waals surface area (Å²) in [6.45, 7) is 4.41. The van der Waals surface area contributed by atoms with Crippen LogP contribution in [0.4, 0.5) is 0 Å². The fourth-order valence-electron chi connectivity index (χ4n) is 3.25. The lowest BCUT2D eigenvalue weighted by molar-refractivity contribution is 0.299. The zero-order chi connectivity index (χ0) is 24.9. The Morgan fingerprint density at radius 1 is 1.09 bits per heavy atom. The Hall–Kier alpha value is -2.86. The van der Waals surface area contributed by atoms with E-state index in [9.17, 15) is 13.7 Å². The van der Waals surface area contributed by atoms with Gasteiger partial charge in [-0.15, -0.1) is 11.6 Å². The van der Waals surface area contributed by atoms with E-state index in [2.05, 4.69) is 16.0 Å². The van der Waals surface area contributed by atoms with Crippen molar-refractivity contribution in [3.05, 3.63) is 76.1 Å². The van der Waals surface area contributed by atoms with E-state index in [1.807, 2.05) is 38.1 Å². The molecule has 1 heterocycles. The minimum Gasteiger partial charge on any atom is -0.489 e. The number of hydrogen-bond acceptors (Lipinski definition) is 7. The number of benzene rings is 2. The Morgan fingerprint density at radius 2 is 1.79 bits per heavy atom. The SMILES string of the molecule is CC(C)(c1ccc(OCc2ccnc(S(C)(=O)=O)n2)cc1)c1cc(Cl)c(OCCCl)c(C#N)c1. The number of alkyl halides is 1. The first-order valence-corrected chi connectivity index (χ1v) is 13.0. The molecule has 0 atom stereocenters. The molecule has 34 heavy (non-hydrogen) atoms. The average Bonchev–Trinajstić information content (AvgIpc) is 2.81. The minimum absolute atomic E-state index is 0.0959. The Morgan fingerprint density at radius 3 is 2.41 bits per heavy atom. The predicted molar refractivity (Wildman–Crippen MR) is 130 cm³/mol. The van der Waals surface area contributed by atoms with Crippen LogP contribution in [0.3, 0.4) is 0 Å². The molecule has 0 amide bonds. The highest BCUT2D eigenvalue weighted by atomic mass is 35.5. The van der Waals surface area contributed by atoms with Gasteiger partial charge >= 0.3 is 0 Å². The number of sulfone groups is 1. The van der Waals surface area contributed by atoms with Crippen molar-refractivity contribution in [2.45, 2.75) is 31.0 Å². The zero-order valence-corrected chi connectivity index (χ0v) is 21.2. The fraction of sp³-hybridized carbons (Fsp3) is 0.292. The summed E-state index contributed by atoms with van der Waals surface area (Å²) in [5, 5.41) is 9.69. The van der Waals surface area contributed by atoms with E-state index in [1.54, 1.807) is 18.2 Å². The van der Waals surface area contributed by atoms with Crippen molar-refractivity contribution in [3.8, 4) is 17.6 Å². The van der Waals surface area contributed by atoms with Gasteiger partial charge in [0.15, 0.2) is 5.75 Å². The molecule has 2 aromatic carbocycles. The van der Waals surface area contributed by atoms with Crippen molar-refractivity contribution >= 4 is 33.0 Å². The number of aromatic nitrogens is 2. The van der Waals surface area contributed by atoms with E-state index in [-0.39, 0.29) is 18.4 Å². The van der Waals surface area contributed by atoms with Crippen LogP contribution in [-0.2, 0) is 21.9 Å². The summed E-state index contributed by atoms with van der Waals surface area (Å²) in [5.41, 5.74) is 2.18. The van der Waals surface area contributed by atoms with E-state index >= 15 is 0 Å². The Labute approximate surface area is 209 Å². The molecule has 0 unspecified atom stereocenters. The van der Waals surface area contributed by atoms with Crippen molar-refractivity contribution in [2.75, 3.05) is 18.7 Å². The van der Waals surface area contributed by atoms with Crippen LogP contribution >= 0.6 is 23.2 Å². The molecule has 10 heteroatoms. The fourth-order valence-corrected chi connectivity index (χ4v) is 4.14. The van der Waals surface area contributed by atoms with E-state index in [0.29, 0.717) is 33.7 Å². The molecule has 0 saturated heterocycles. The molecular weight excluding hydrogens is 497 g/mol. The molecule has 0 radical (unpaired) electrons. The third-order valence-electron chi connectivity index (χ3n) is 5.19. The van der Waals surface area contributed by atoms with Crippen LogP contribution in [0.1, 0.15) is 36.2 Å². The van der Waals surface area contributed by atoms with Gasteiger partial charge in [-0.05, 0) is 41.5 Å². The van der Waals surface area contributed by atoms with Crippen LogP contribution in [-0.4, -0.2) is 37.1 Å². The van der Waals surface area contributed by atoms with Gasteiger partial charge < -0.3 is 9.47 Å².